The van der Waals surface area contributed by atoms with Gasteiger partial charge in [0.15, 0.2) is 0 Å². The van der Waals surface area contributed by atoms with Crippen molar-refractivity contribution in [3.8, 4) is 5.75 Å². The molecule has 2 rings (SSSR count). The second-order valence-corrected chi connectivity index (χ2v) is 4.74. The van der Waals surface area contributed by atoms with Gasteiger partial charge in [0, 0.05) is 0 Å². The molecular weight excluding hydrogens is 212 g/mol. The Morgan fingerprint density at radius 3 is 2.71 bits per heavy atom. The predicted octanol–water partition coefficient (Wildman–Crippen LogP) is 3.76. The second-order valence-electron chi connectivity index (χ2n) is 4.74. The molecule has 17 heavy (non-hydrogen) atoms. The first kappa shape index (κ1) is 12.4. The van der Waals surface area contributed by atoms with Gasteiger partial charge in [0.25, 0.3) is 0 Å². The van der Waals surface area contributed by atoms with Crippen LogP contribution in [0.1, 0.15) is 44.6 Å². The van der Waals surface area contributed by atoms with Crippen molar-refractivity contribution in [3.05, 3.63) is 29.8 Å². The summed E-state index contributed by atoms with van der Waals surface area (Å²) < 4.78 is 10.9. The van der Waals surface area contributed by atoms with Crippen LogP contribution < -0.4 is 4.74 Å². The van der Waals surface area contributed by atoms with Gasteiger partial charge in [-0.1, -0.05) is 26.0 Å². The van der Waals surface area contributed by atoms with Crippen LogP contribution in [-0.4, -0.2) is 19.3 Å². The second kappa shape index (κ2) is 5.54. The third-order valence-electron chi connectivity index (χ3n) is 3.66. The van der Waals surface area contributed by atoms with E-state index >= 15 is 0 Å². The lowest BCUT2D eigenvalue weighted by atomic mass is 9.91. The first-order chi connectivity index (χ1) is 8.28. The van der Waals surface area contributed by atoms with Crippen LogP contribution in [0.3, 0.4) is 0 Å². The topological polar surface area (TPSA) is 21.8 Å². The smallest absolute Gasteiger partial charge is 0.119 e. The fourth-order valence-electron chi connectivity index (χ4n) is 2.46. The summed E-state index contributed by atoms with van der Waals surface area (Å²) in [5, 5.41) is 0. The van der Waals surface area contributed by atoms with Crippen molar-refractivity contribution in [2.75, 3.05) is 7.11 Å². The van der Waals surface area contributed by atoms with E-state index in [0.717, 1.165) is 25.0 Å². The molecule has 1 heterocycles. The van der Waals surface area contributed by atoms with Gasteiger partial charge in [-0.3, -0.25) is 0 Å². The van der Waals surface area contributed by atoms with Gasteiger partial charge in [-0.15, -0.1) is 0 Å². The van der Waals surface area contributed by atoms with E-state index in [-0.39, 0.29) is 0 Å². The van der Waals surface area contributed by atoms with Crippen LogP contribution in [0.5, 0.6) is 5.75 Å². The summed E-state index contributed by atoms with van der Waals surface area (Å²) in [6.07, 6.45) is 4.43. The number of rotatable bonds is 6. The monoisotopic (exact) mass is 234 g/mol. The van der Waals surface area contributed by atoms with E-state index in [0.29, 0.717) is 18.1 Å². The fraction of sp³-hybridized carbons (Fsp3) is 0.600. The molecule has 3 atom stereocenters. The van der Waals surface area contributed by atoms with Crippen LogP contribution in [0.25, 0.3) is 0 Å². The molecule has 0 radical (unpaired) electrons. The van der Waals surface area contributed by atoms with Gasteiger partial charge in [0.1, 0.15) is 5.75 Å². The minimum atomic E-state index is 0.483. The Labute approximate surface area is 104 Å². The van der Waals surface area contributed by atoms with Gasteiger partial charge in [0.05, 0.1) is 19.3 Å². The SMILES string of the molecule is CCC(CC1OC1CC)c1cccc(OC)c1. The molecule has 0 spiro atoms. The largest absolute Gasteiger partial charge is 0.497 e. The van der Waals surface area contributed by atoms with Crippen LogP contribution >= 0.6 is 0 Å². The Balaban J connectivity index is 2.01. The third kappa shape index (κ3) is 3.01. The van der Waals surface area contributed by atoms with Crippen LogP contribution in [0.2, 0.25) is 0 Å². The fourth-order valence-corrected chi connectivity index (χ4v) is 2.46. The molecule has 0 aliphatic carbocycles. The zero-order valence-electron chi connectivity index (χ0n) is 11.0. The van der Waals surface area contributed by atoms with Gasteiger partial charge in [0.2, 0.25) is 0 Å². The maximum Gasteiger partial charge on any atom is 0.119 e. The Bertz CT molecular complexity index is 362. The summed E-state index contributed by atoms with van der Waals surface area (Å²) in [5.74, 6) is 1.54. The highest BCUT2D eigenvalue weighted by atomic mass is 16.6. The molecule has 1 aromatic rings. The first-order valence-corrected chi connectivity index (χ1v) is 6.57. The number of hydrogen-bond acceptors (Lipinski definition) is 2. The zero-order valence-corrected chi connectivity index (χ0v) is 11.0. The highest BCUT2D eigenvalue weighted by molar-refractivity contribution is 5.31. The Morgan fingerprint density at radius 1 is 1.29 bits per heavy atom. The Kier molecular flexibility index (Phi) is 4.06. The van der Waals surface area contributed by atoms with E-state index in [1.54, 1.807) is 7.11 Å². The quantitative estimate of drug-likeness (QED) is 0.699. The van der Waals surface area contributed by atoms with E-state index in [4.69, 9.17) is 9.47 Å². The van der Waals surface area contributed by atoms with Gasteiger partial charge >= 0.3 is 0 Å². The lowest BCUT2D eigenvalue weighted by Gasteiger charge is -2.15. The average Bonchev–Trinajstić information content (AvgIpc) is 3.14. The number of ether oxygens (including phenoxy) is 2. The molecule has 0 amide bonds. The van der Waals surface area contributed by atoms with Gasteiger partial charge in [-0.05, 0) is 42.9 Å². The summed E-state index contributed by atoms with van der Waals surface area (Å²) in [6, 6.07) is 8.41. The molecule has 1 saturated heterocycles. The molecule has 2 nitrogen and oxygen atoms in total. The molecule has 1 aromatic carbocycles. The maximum absolute atomic E-state index is 5.65. The summed E-state index contributed by atoms with van der Waals surface area (Å²) in [5.41, 5.74) is 1.37. The molecule has 1 aliphatic rings. The van der Waals surface area contributed by atoms with Gasteiger partial charge in [-0.2, -0.15) is 0 Å². The number of benzene rings is 1. The van der Waals surface area contributed by atoms with E-state index in [2.05, 4.69) is 32.0 Å². The van der Waals surface area contributed by atoms with E-state index in [9.17, 15) is 0 Å². The van der Waals surface area contributed by atoms with Crippen LogP contribution in [0.4, 0.5) is 0 Å². The molecule has 0 bridgehead atoms. The number of hydrogen-bond donors (Lipinski definition) is 0. The van der Waals surface area contributed by atoms with E-state index in [1.165, 1.54) is 5.56 Å². The van der Waals surface area contributed by atoms with Crippen molar-refractivity contribution in [1.29, 1.82) is 0 Å². The minimum Gasteiger partial charge on any atom is -0.497 e. The molecule has 94 valence electrons. The molecule has 3 unspecified atom stereocenters. The van der Waals surface area contributed by atoms with Crippen molar-refractivity contribution in [2.24, 2.45) is 0 Å². The van der Waals surface area contributed by atoms with E-state index in [1.807, 2.05) is 6.07 Å². The lowest BCUT2D eigenvalue weighted by molar-refractivity contribution is 0.348. The van der Waals surface area contributed by atoms with Crippen molar-refractivity contribution >= 4 is 0 Å². The Morgan fingerprint density at radius 2 is 2.12 bits per heavy atom. The van der Waals surface area contributed by atoms with Crippen molar-refractivity contribution in [3.63, 3.8) is 0 Å². The Hall–Kier alpha value is -1.02. The average molecular weight is 234 g/mol. The third-order valence-corrected chi connectivity index (χ3v) is 3.66. The first-order valence-electron chi connectivity index (χ1n) is 6.57. The molecule has 2 heteroatoms. The normalized spacial score (nSPS) is 24.4. The summed E-state index contributed by atoms with van der Waals surface area (Å²) in [6.45, 7) is 4.44. The van der Waals surface area contributed by atoms with Gasteiger partial charge < -0.3 is 9.47 Å². The highest BCUT2D eigenvalue weighted by Crippen LogP contribution is 2.36. The summed E-state index contributed by atoms with van der Waals surface area (Å²) in [7, 11) is 1.72. The van der Waals surface area contributed by atoms with E-state index < -0.39 is 0 Å². The van der Waals surface area contributed by atoms with Crippen molar-refractivity contribution in [2.45, 2.75) is 51.2 Å². The minimum absolute atomic E-state index is 0.483. The molecular formula is C15H22O2. The molecule has 1 fully saturated rings. The maximum atomic E-state index is 5.65. The highest BCUT2D eigenvalue weighted by Gasteiger charge is 2.38. The van der Waals surface area contributed by atoms with Crippen LogP contribution in [0, 0.1) is 0 Å². The van der Waals surface area contributed by atoms with Gasteiger partial charge in [-0.25, -0.2) is 0 Å². The lowest BCUT2D eigenvalue weighted by Crippen LogP contribution is -2.04. The molecule has 0 aromatic heterocycles. The molecule has 0 saturated carbocycles. The van der Waals surface area contributed by atoms with Crippen molar-refractivity contribution < 1.29 is 9.47 Å². The zero-order chi connectivity index (χ0) is 12.3. The van der Waals surface area contributed by atoms with Crippen LogP contribution in [-0.2, 0) is 4.74 Å². The molecule has 1 aliphatic heterocycles. The summed E-state index contributed by atoms with van der Waals surface area (Å²) in [4.78, 5) is 0. The van der Waals surface area contributed by atoms with Crippen LogP contribution in [0.15, 0.2) is 24.3 Å². The summed E-state index contributed by atoms with van der Waals surface area (Å²) >= 11 is 0. The number of methoxy groups -OCH3 is 1. The predicted molar refractivity (Wildman–Crippen MR) is 69.6 cm³/mol. The standard InChI is InChI=1S/C15H22O2/c1-4-11(10-15-14(5-2)17-15)12-7-6-8-13(9-12)16-3/h6-9,11,14-15H,4-5,10H2,1-3H3. The van der Waals surface area contributed by atoms with Crippen molar-refractivity contribution in [1.82, 2.24) is 0 Å². The molecule has 0 N–H and O–H groups in total. The number of epoxide rings is 1.